The van der Waals surface area contributed by atoms with Gasteiger partial charge in [-0.1, -0.05) is 0 Å². The minimum atomic E-state index is -0.333. The SMILES string of the molecule is CCOC(=O)CSCC(=O)Nc1sc2c(c1C(=O)NCCOC)CCCC2. The Kier molecular flexibility index (Phi) is 9.09. The molecule has 0 aromatic carbocycles. The molecule has 1 aromatic heterocycles. The number of esters is 1. The van der Waals surface area contributed by atoms with Crippen LogP contribution < -0.4 is 10.6 Å². The first kappa shape index (κ1) is 21.7. The molecule has 27 heavy (non-hydrogen) atoms. The third kappa shape index (κ3) is 6.51. The molecule has 0 spiro atoms. The zero-order valence-corrected chi connectivity index (χ0v) is 17.4. The topological polar surface area (TPSA) is 93.7 Å². The lowest BCUT2D eigenvalue weighted by Crippen LogP contribution is -2.29. The summed E-state index contributed by atoms with van der Waals surface area (Å²) in [6.45, 7) is 2.92. The number of amides is 2. The number of anilines is 1. The summed E-state index contributed by atoms with van der Waals surface area (Å²) in [6.07, 6.45) is 3.93. The van der Waals surface area contributed by atoms with Crippen molar-refractivity contribution in [2.24, 2.45) is 0 Å². The van der Waals surface area contributed by atoms with Crippen molar-refractivity contribution in [3.05, 3.63) is 16.0 Å². The zero-order chi connectivity index (χ0) is 19.6. The number of fused-ring (bicyclic) bond motifs is 1. The smallest absolute Gasteiger partial charge is 0.315 e. The van der Waals surface area contributed by atoms with Crippen molar-refractivity contribution >= 4 is 45.9 Å². The van der Waals surface area contributed by atoms with Crippen LogP contribution in [-0.2, 0) is 31.9 Å². The van der Waals surface area contributed by atoms with Gasteiger partial charge < -0.3 is 20.1 Å². The first-order chi connectivity index (χ1) is 13.1. The van der Waals surface area contributed by atoms with Gasteiger partial charge in [0, 0.05) is 18.5 Å². The van der Waals surface area contributed by atoms with Gasteiger partial charge in [0.2, 0.25) is 5.91 Å². The number of nitrogens with one attached hydrogen (secondary N) is 2. The van der Waals surface area contributed by atoms with Gasteiger partial charge in [-0.05, 0) is 38.2 Å². The van der Waals surface area contributed by atoms with E-state index in [9.17, 15) is 14.4 Å². The molecule has 1 aliphatic carbocycles. The highest BCUT2D eigenvalue weighted by Gasteiger charge is 2.26. The molecule has 0 unspecified atom stereocenters. The highest BCUT2D eigenvalue weighted by Crippen LogP contribution is 2.38. The molecule has 1 aromatic rings. The van der Waals surface area contributed by atoms with Crippen LogP contribution in [-0.4, -0.2) is 56.2 Å². The number of methoxy groups -OCH3 is 1. The molecule has 0 aliphatic heterocycles. The predicted octanol–water partition coefficient (Wildman–Crippen LogP) is 2.24. The number of carbonyl (C=O) groups is 3. The standard InChI is InChI=1S/C18H26N2O5S2/c1-3-25-15(22)11-26-10-14(21)20-18-16(17(23)19-8-9-24-2)12-6-4-5-7-13(12)27-18/h3-11H2,1-2H3,(H,19,23)(H,20,21). The largest absolute Gasteiger partial charge is 0.465 e. The van der Waals surface area contributed by atoms with Crippen molar-refractivity contribution in [3.63, 3.8) is 0 Å². The molecule has 0 radical (unpaired) electrons. The van der Waals surface area contributed by atoms with Gasteiger partial charge in [-0.15, -0.1) is 23.1 Å². The fraction of sp³-hybridized carbons (Fsp3) is 0.611. The average Bonchev–Trinajstić information content (AvgIpc) is 2.99. The predicted molar refractivity (Wildman–Crippen MR) is 108 cm³/mol. The van der Waals surface area contributed by atoms with Crippen molar-refractivity contribution in [1.82, 2.24) is 5.32 Å². The lowest BCUT2D eigenvalue weighted by atomic mass is 9.95. The lowest BCUT2D eigenvalue weighted by Gasteiger charge is -2.13. The summed E-state index contributed by atoms with van der Waals surface area (Å²) < 4.78 is 9.82. The van der Waals surface area contributed by atoms with Crippen molar-refractivity contribution < 1.29 is 23.9 Å². The first-order valence-electron chi connectivity index (χ1n) is 9.01. The molecule has 2 N–H and O–H groups in total. The molecule has 0 saturated heterocycles. The van der Waals surface area contributed by atoms with Crippen LogP contribution in [0.4, 0.5) is 5.00 Å². The van der Waals surface area contributed by atoms with E-state index in [1.165, 1.54) is 28.0 Å². The number of hydrogen-bond donors (Lipinski definition) is 2. The van der Waals surface area contributed by atoms with Gasteiger partial charge in [-0.3, -0.25) is 14.4 Å². The molecule has 0 fully saturated rings. The number of thioether (sulfide) groups is 1. The van der Waals surface area contributed by atoms with Crippen molar-refractivity contribution in [1.29, 1.82) is 0 Å². The van der Waals surface area contributed by atoms with Gasteiger partial charge >= 0.3 is 5.97 Å². The summed E-state index contributed by atoms with van der Waals surface area (Å²) in [7, 11) is 1.58. The lowest BCUT2D eigenvalue weighted by molar-refractivity contribution is -0.139. The Morgan fingerprint density at radius 3 is 2.70 bits per heavy atom. The Balaban J connectivity index is 2.02. The van der Waals surface area contributed by atoms with Crippen LogP contribution in [0.2, 0.25) is 0 Å². The highest BCUT2D eigenvalue weighted by molar-refractivity contribution is 8.00. The molecular formula is C18H26N2O5S2. The molecular weight excluding hydrogens is 388 g/mol. The van der Waals surface area contributed by atoms with Crippen LogP contribution in [0, 0.1) is 0 Å². The Morgan fingerprint density at radius 2 is 1.96 bits per heavy atom. The number of carbonyl (C=O) groups excluding carboxylic acids is 3. The quantitative estimate of drug-likeness (QED) is 0.450. The maximum atomic E-state index is 12.7. The van der Waals surface area contributed by atoms with E-state index in [1.807, 2.05) is 0 Å². The van der Waals surface area contributed by atoms with Crippen molar-refractivity contribution in [2.75, 3.05) is 43.7 Å². The van der Waals surface area contributed by atoms with Crippen LogP contribution >= 0.6 is 23.1 Å². The summed E-state index contributed by atoms with van der Waals surface area (Å²) >= 11 is 2.68. The molecule has 1 heterocycles. The number of thiophene rings is 1. The second-order valence-electron chi connectivity index (χ2n) is 6.01. The van der Waals surface area contributed by atoms with Gasteiger partial charge in [-0.2, -0.15) is 0 Å². The minimum Gasteiger partial charge on any atom is -0.465 e. The molecule has 7 nitrogen and oxygen atoms in total. The fourth-order valence-corrected chi connectivity index (χ4v) is 4.75. The monoisotopic (exact) mass is 414 g/mol. The van der Waals surface area contributed by atoms with Gasteiger partial charge in [0.15, 0.2) is 0 Å². The summed E-state index contributed by atoms with van der Waals surface area (Å²) in [5.41, 5.74) is 1.63. The van der Waals surface area contributed by atoms with Crippen molar-refractivity contribution in [3.8, 4) is 0 Å². The van der Waals surface area contributed by atoms with Crippen LogP contribution in [0.15, 0.2) is 0 Å². The van der Waals surface area contributed by atoms with Gasteiger partial charge in [0.25, 0.3) is 5.91 Å². The van der Waals surface area contributed by atoms with E-state index in [0.29, 0.717) is 30.3 Å². The van der Waals surface area contributed by atoms with E-state index in [2.05, 4.69) is 10.6 Å². The number of rotatable bonds is 10. The molecule has 0 bridgehead atoms. The molecule has 9 heteroatoms. The van der Waals surface area contributed by atoms with Crippen molar-refractivity contribution in [2.45, 2.75) is 32.6 Å². The third-order valence-corrected chi connectivity index (χ3v) is 6.11. The van der Waals surface area contributed by atoms with Crippen LogP contribution in [0.3, 0.4) is 0 Å². The van der Waals surface area contributed by atoms with E-state index in [1.54, 1.807) is 14.0 Å². The minimum absolute atomic E-state index is 0.131. The number of hydrogen-bond acceptors (Lipinski definition) is 7. The zero-order valence-electron chi connectivity index (χ0n) is 15.7. The van der Waals surface area contributed by atoms with Crippen LogP contribution in [0.5, 0.6) is 0 Å². The normalized spacial score (nSPS) is 13.0. The molecule has 2 rings (SSSR count). The Hall–Kier alpha value is -1.58. The second-order valence-corrected chi connectivity index (χ2v) is 8.10. The summed E-state index contributed by atoms with van der Waals surface area (Å²) in [4.78, 5) is 37.4. The molecule has 2 amide bonds. The third-order valence-electron chi connectivity index (χ3n) is 4.00. The number of aryl methyl sites for hydroxylation is 1. The Bertz CT molecular complexity index is 675. The summed E-state index contributed by atoms with van der Waals surface area (Å²) in [5.74, 6) is -0.478. The average molecular weight is 415 g/mol. The Labute approximate surface area is 167 Å². The van der Waals surface area contributed by atoms with E-state index in [-0.39, 0.29) is 29.3 Å². The van der Waals surface area contributed by atoms with Crippen LogP contribution in [0.25, 0.3) is 0 Å². The molecule has 1 aliphatic rings. The van der Waals surface area contributed by atoms with E-state index in [0.717, 1.165) is 31.2 Å². The van der Waals surface area contributed by atoms with Gasteiger partial charge in [-0.25, -0.2) is 0 Å². The van der Waals surface area contributed by atoms with E-state index < -0.39 is 0 Å². The summed E-state index contributed by atoms with van der Waals surface area (Å²) in [6, 6.07) is 0. The summed E-state index contributed by atoms with van der Waals surface area (Å²) in [5, 5.41) is 6.30. The molecule has 0 atom stereocenters. The molecule has 150 valence electrons. The molecule has 0 saturated carbocycles. The maximum absolute atomic E-state index is 12.7. The maximum Gasteiger partial charge on any atom is 0.315 e. The second kappa shape index (κ2) is 11.3. The van der Waals surface area contributed by atoms with E-state index in [4.69, 9.17) is 9.47 Å². The van der Waals surface area contributed by atoms with Gasteiger partial charge in [0.1, 0.15) is 5.00 Å². The van der Waals surface area contributed by atoms with E-state index >= 15 is 0 Å². The highest BCUT2D eigenvalue weighted by atomic mass is 32.2. The fourth-order valence-electron chi connectivity index (χ4n) is 2.84. The first-order valence-corrected chi connectivity index (χ1v) is 11.0. The van der Waals surface area contributed by atoms with Crippen LogP contribution in [0.1, 0.15) is 40.6 Å². The Morgan fingerprint density at radius 1 is 1.19 bits per heavy atom. The number of ether oxygens (including phenoxy) is 2. The van der Waals surface area contributed by atoms with Gasteiger partial charge in [0.05, 0.1) is 30.3 Å².